The molecule has 0 aliphatic carbocycles. The van der Waals surface area contributed by atoms with E-state index in [0.717, 1.165) is 18.5 Å². The van der Waals surface area contributed by atoms with Crippen molar-refractivity contribution in [1.29, 1.82) is 0 Å². The van der Waals surface area contributed by atoms with E-state index >= 15 is 0 Å². The van der Waals surface area contributed by atoms with Crippen LogP contribution >= 0.6 is 11.8 Å². The minimum Gasteiger partial charge on any atom is -0.473 e. The number of hydrogen-bond donors (Lipinski definition) is 0. The molecule has 1 saturated heterocycles. The van der Waals surface area contributed by atoms with Crippen LogP contribution in [-0.2, 0) is 11.8 Å². The number of rotatable bonds is 5. The summed E-state index contributed by atoms with van der Waals surface area (Å²) in [7, 11) is 1.75. The number of thioether (sulfide) groups is 1. The van der Waals surface area contributed by atoms with Crippen LogP contribution < -0.4 is 4.74 Å². The van der Waals surface area contributed by atoms with Crippen molar-refractivity contribution in [3.63, 3.8) is 0 Å². The molecule has 0 N–H and O–H groups in total. The highest BCUT2D eigenvalue weighted by Crippen LogP contribution is 2.19. The van der Waals surface area contributed by atoms with E-state index in [-0.39, 0.29) is 12.0 Å². The Morgan fingerprint density at radius 3 is 2.71 bits per heavy atom. The van der Waals surface area contributed by atoms with E-state index in [1.54, 1.807) is 11.7 Å². The van der Waals surface area contributed by atoms with Gasteiger partial charge in [0.25, 0.3) is 0 Å². The second-order valence-corrected chi connectivity index (χ2v) is 6.53. The van der Waals surface area contributed by atoms with Gasteiger partial charge in [-0.3, -0.25) is 4.79 Å². The van der Waals surface area contributed by atoms with Crippen LogP contribution in [0, 0.1) is 6.92 Å². The number of carbonyl (C=O) groups excluding carboxylic acids is 1. The number of piperidine rings is 1. The van der Waals surface area contributed by atoms with Gasteiger partial charge in [-0.2, -0.15) is 5.10 Å². The van der Waals surface area contributed by atoms with E-state index in [2.05, 4.69) is 25.7 Å². The molecule has 0 atom stereocenters. The van der Waals surface area contributed by atoms with Gasteiger partial charge in [-0.05, 0) is 23.4 Å². The molecule has 0 radical (unpaired) electrons. The first kappa shape index (κ1) is 16.6. The van der Waals surface area contributed by atoms with Gasteiger partial charge < -0.3 is 9.64 Å². The number of ether oxygens (including phenoxy) is 1. The van der Waals surface area contributed by atoms with Crippen LogP contribution in [-0.4, -0.2) is 66.2 Å². The molecule has 2 aromatic heterocycles. The van der Waals surface area contributed by atoms with Gasteiger partial charge in [0.15, 0.2) is 0 Å². The van der Waals surface area contributed by atoms with Gasteiger partial charge in [0, 0.05) is 39.0 Å². The van der Waals surface area contributed by atoms with Crippen LogP contribution in [0.25, 0.3) is 0 Å². The predicted octanol–water partition coefficient (Wildman–Crippen LogP) is 0.471. The van der Waals surface area contributed by atoms with E-state index < -0.39 is 0 Å². The Kier molecular flexibility index (Phi) is 5.24. The third-order valence-corrected chi connectivity index (χ3v) is 4.76. The van der Waals surface area contributed by atoms with Crippen LogP contribution in [0.4, 0.5) is 0 Å². The van der Waals surface area contributed by atoms with Gasteiger partial charge in [0.05, 0.1) is 11.4 Å². The minimum atomic E-state index is 0.0710. The standard InChI is InChI=1S/C14H19N7O2S/c1-10-3-4-12(16-15-10)23-11-5-7-21(8-6-11)13(22)9-24-14-17-18-19-20(14)2/h3-4,11H,5-9H2,1-2H3. The Balaban J connectivity index is 1.43. The van der Waals surface area contributed by atoms with Crippen molar-refractivity contribution < 1.29 is 9.53 Å². The molecule has 1 fully saturated rings. The fourth-order valence-electron chi connectivity index (χ4n) is 2.40. The molecule has 0 bridgehead atoms. The molecule has 9 nitrogen and oxygen atoms in total. The number of nitrogens with zero attached hydrogens (tertiary/aromatic N) is 7. The van der Waals surface area contributed by atoms with Gasteiger partial charge in [0.2, 0.25) is 16.9 Å². The molecule has 128 valence electrons. The molecule has 1 amide bonds. The third kappa shape index (κ3) is 4.19. The van der Waals surface area contributed by atoms with Crippen LogP contribution in [0.1, 0.15) is 18.5 Å². The molecule has 1 aliphatic rings. The number of carbonyl (C=O) groups is 1. The van der Waals surface area contributed by atoms with Crippen molar-refractivity contribution >= 4 is 17.7 Å². The number of amides is 1. The Morgan fingerprint density at radius 1 is 1.29 bits per heavy atom. The summed E-state index contributed by atoms with van der Waals surface area (Å²) >= 11 is 1.35. The lowest BCUT2D eigenvalue weighted by molar-refractivity contribution is -0.130. The lowest BCUT2D eigenvalue weighted by Gasteiger charge is -2.31. The Bertz CT molecular complexity index is 683. The highest BCUT2D eigenvalue weighted by molar-refractivity contribution is 7.99. The summed E-state index contributed by atoms with van der Waals surface area (Å²) in [4.78, 5) is 14.1. The number of likely N-dealkylation sites (tertiary alicyclic amines) is 1. The summed E-state index contributed by atoms with van der Waals surface area (Å²) < 4.78 is 7.38. The fourth-order valence-corrected chi connectivity index (χ4v) is 3.16. The van der Waals surface area contributed by atoms with Crippen molar-refractivity contribution in [3.8, 4) is 5.88 Å². The summed E-state index contributed by atoms with van der Waals surface area (Å²) in [6, 6.07) is 3.70. The Labute approximate surface area is 143 Å². The molecule has 10 heteroatoms. The smallest absolute Gasteiger partial charge is 0.233 e. The predicted molar refractivity (Wildman–Crippen MR) is 86.5 cm³/mol. The first-order chi connectivity index (χ1) is 11.6. The maximum absolute atomic E-state index is 12.3. The maximum atomic E-state index is 12.3. The highest BCUT2D eigenvalue weighted by Gasteiger charge is 2.24. The van der Waals surface area contributed by atoms with E-state index in [1.165, 1.54) is 11.8 Å². The quantitative estimate of drug-likeness (QED) is 0.718. The van der Waals surface area contributed by atoms with Crippen molar-refractivity contribution in [2.75, 3.05) is 18.8 Å². The largest absolute Gasteiger partial charge is 0.473 e. The van der Waals surface area contributed by atoms with E-state index in [1.807, 2.05) is 24.0 Å². The lowest BCUT2D eigenvalue weighted by atomic mass is 10.1. The number of tetrazole rings is 1. The molecule has 1 aliphatic heterocycles. The van der Waals surface area contributed by atoms with Crippen LogP contribution in [0.5, 0.6) is 5.88 Å². The van der Waals surface area contributed by atoms with Crippen LogP contribution in [0.3, 0.4) is 0 Å². The molecule has 0 unspecified atom stereocenters. The molecular weight excluding hydrogens is 330 g/mol. The molecule has 0 aromatic carbocycles. The topological polar surface area (TPSA) is 98.9 Å². The van der Waals surface area contributed by atoms with E-state index in [9.17, 15) is 4.79 Å². The van der Waals surface area contributed by atoms with Crippen molar-refractivity contribution in [3.05, 3.63) is 17.8 Å². The number of aryl methyl sites for hydroxylation is 2. The molecule has 0 saturated carbocycles. The Morgan fingerprint density at radius 2 is 2.08 bits per heavy atom. The first-order valence-electron chi connectivity index (χ1n) is 7.72. The minimum absolute atomic E-state index is 0.0710. The monoisotopic (exact) mass is 349 g/mol. The fraction of sp³-hybridized carbons (Fsp3) is 0.571. The van der Waals surface area contributed by atoms with Crippen LogP contribution in [0.15, 0.2) is 17.3 Å². The molecule has 3 rings (SSSR count). The molecule has 2 aromatic rings. The number of aromatic nitrogens is 6. The summed E-state index contributed by atoms with van der Waals surface area (Å²) in [5.74, 6) is 0.968. The van der Waals surface area contributed by atoms with Gasteiger partial charge >= 0.3 is 0 Å². The number of hydrogen-bond acceptors (Lipinski definition) is 8. The molecular formula is C14H19N7O2S. The van der Waals surface area contributed by atoms with Crippen LogP contribution in [0.2, 0.25) is 0 Å². The normalized spacial score (nSPS) is 15.5. The van der Waals surface area contributed by atoms with Crippen molar-refractivity contribution in [2.24, 2.45) is 7.05 Å². The van der Waals surface area contributed by atoms with Gasteiger partial charge in [-0.1, -0.05) is 11.8 Å². The van der Waals surface area contributed by atoms with Gasteiger partial charge in [0.1, 0.15) is 6.10 Å². The molecule has 3 heterocycles. The zero-order valence-electron chi connectivity index (χ0n) is 13.6. The van der Waals surface area contributed by atoms with Crippen molar-refractivity contribution in [2.45, 2.75) is 31.0 Å². The summed E-state index contributed by atoms with van der Waals surface area (Å²) in [6.07, 6.45) is 1.65. The second-order valence-electron chi connectivity index (χ2n) is 5.58. The average Bonchev–Trinajstić information content (AvgIpc) is 3.00. The summed E-state index contributed by atoms with van der Waals surface area (Å²) in [5.41, 5.74) is 0.860. The summed E-state index contributed by atoms with van der Waals surface area (Å²) in [5, 5.41) is 19.8. The lowest BCUT2D eigenvalue weighted by Crippen LogP contribution is -2.42. The zero-order valence-corrected chi connectivity index (χ0v) is 14.4. The molecule has 24 heavy (non-hydrogen) atoms. The summed E-state index contributed by atoms with van der Waals surface area (Å²) in [6.45, 7) is 3.25. The Hall–Kier alpha value is -2.23. The van der Waals surface area contributed by atoms with E-state index in [4.69, 9.17) is 4.74 Å². The van der Waals surface area contributed by atoms with E-state index in [0.29, 0.717) is 29.9 Å². The molecule has 0 spiro atoms. The van der Waals surface area contributed by atoms with Gasteiger partial charge in [-0.15, -0.1) is 10.2 Å². The maximum Gasteiger partial charge on any atom is 0.233 e. The first-order valence-corrected chi connectivity index (χ1v) is 8.70. The average molecular weight is 349 g/mol. The third-order valence-electron chi connectivity index (χ3n) is 3.76. The zero-order chi connectivity index (χ0) is 16.9. The SMILES string of the molecule is Cc1ccc(OC2CCN(C(=O)CSc3nnnn3C)CC2)nn1. The van der Waals surface area contributed by atoms with Gasteiger partial charge in [-0.25, -0.2) is 4.68 Å². The second kappa shape index (κ2) is 7.56. The highest BCUT2D eigenvalue weighted by atomic mass is 32.2. The van der Waals surface area contributed by atoms with Crippen molar-refractivity contribution in [1.82, 2.24) is 35.3 Å².